The van der Waals surface area contributed by atoms with Crippen LogP contribution in [0.2, 0.25) is 0 Å². The molecule has 0 unspecified atom stereocenters. The number of amides is 1. The minimum Gasteiger partial charge on any atom is -0.356 e. The van der Waals surface area contributed by atoms with Gasteiger partial charge in [0.25, 0.3) is 0 Å². The van der Waals surface area contributed by atoms with E-state index in [9.17, 15) is 4.79 Å². The van der Waals surface area contributed by atoms with Gasteiger partial charge in [-0.1, -0.05) is 12.8 Å². The molecule has 1 aromatic heterocycles. The third-order valence-corrected chi connectivity index (χ3v) is 4.16. The predicted molar refractivity (Wildman–Crippen MR) is 71.0 cm³/mol. The maximum atomic E-state index is 11.7. The van der Waals surface area contributed by atoms with Crippen LogP contribution in [0.25, 0.3) is 0 Å². The molecule has 17 heavy (non-hydrogen) atoms. The summed E-state index contributed by atoms with van der Waals surface area (Å²) in [5.41, 5.74) is 7.23. The van der Waals surface area contributed by atoms with Gasteiger partial charge in [-0.25, -0.2) is 0 Å². The van der Waals surface area contributed by atoms with Gasteiger partial charge in [0, 0.05) is 18.5 Å². The molecule has 1 aliphatic carbocycles. The predicted octanol–water partition coefficient (Wildman–Crippen LogP) is 2.07. The van der Waals surface area contributed by atoms with Crippen molar-refractivity contribution in [2.24, 2.45) is 5.73 Å². The number of carbonyl (C=O) groups excluding carboxylic acids is 1. The van der Waals surface area contributed by atoms with Crippen LogP contribution < -0.4 is 11.1 Å². The number of nitrogens with one attached hydrogen (secondary N) is 1. The van der Waals surface area contributed by atoms with Crippen LogP contribution in [0, 0.1) is 0 Å². The summed E-state index contributed by atoms with van der Waals surface area (Å²) >= 11 is 1.69. The third-order valence-electron chi connectivity index (χ3n) is 3.43. The van der Waals surface area contributed by atoms with Crippen molar-refractivity contribution < 1.29 is 4.79 Å². The van der Waals surface area contributed by atoms with Crippen molar-refractivity contribution in [3.8, 4) is 0 Å². The van der Waals surface area contributed by atoms with E-state index in [-0.39, 0.29) is 11.4 Å². The molecule has 3 nitrogen and oxygen atoms in total. The molecule has 2 rings (SSSR count). The first-order chi connectivity index (χ1) is 8.18. The fourth-order valence-electron chi connectivity index (χ4n) is 2.42. The summed E-state index contributed by atoms with van der Waals surface area (Å²) in [5.74, 6) is 0.102. The van der Waals surface area contributed by atoms with Crippen molar-refractivity contribution >= 4 is 17.2 Å². The maximum Gasteiger partial charge on any atom is 0.221 e. The second kappa shape index (κ2) is 5.65. The Hall–Kier alpha value is -0.870. The van der Waals surface area contributed by atoms with E-state index in [1.165, 1.54) is 18.4 Å². The first-order valence-electron chi connectivity index (χ1n) is 6.25. The van der Waals surface area contributed by atoms with Crippen molar-refractivity contribution in [1.82, 2.24) is 5.32 Å². The Kier molecular flexibility index (Phi) is 4.18. The topological polar surface area (TPSA) is 55.1 Å². The van der Waals surface area contributed by atoms with Crippen LogP contribution in [0.15, 0.2) is 16.8 Å². The third kappa shape index (κ3) is 3.82. The molecule has 0 spiro atoms. The molecule has 0 saturated heterocycles. The number of hydrogen-bond acceptors (Lipinski definition) is 3. The molecular formula is C13H20N2OS. The van der Waals surface area contributed by atoms with Crippen LogP contribution in [0.5, 0.6) is 0 Å². The van der Waals surface area contributed by atoms with E-state index in [1.807, 2.05) is 0 Å². The normalized spacial score (nSPS) is 18.2. The standard InChI is InChI=1S/C13H20N2OS/c14-13(5-1-2-6-13)9-12(16)15-7-3-11-4-8-17-10-11/h4,8,10H,1-3,5-7,9,14H2,(H,15,16). The zero-order chi connectivity index (χ0) is 12.1. The molecule has 1 amide bonds. The highest BCUT2D eigenvalue weighted by Crippen LogP contribution is 2.29. The Morgan fingerprint density at radius 3 is 2.88 bits per heavy atom. The van der Waals surface area contributed by atoms with E-state index >= 15 is 0 Å². The number of thiophene rings is 1. The molecule has 0 aliphatic heterocycles. The van der Waals surface area contributed by atoms with Gasteiger partial charge in [0.15, 0.2) is 0 Å². The Morgan fingerprint density at radius 2 is 2.24 bits per heavy atom. The number of rotatable bonds is 5. The van der Waals surface area contributed by atoms with Crippen molar-refractivity contribution in [3.63, 3.8) is 0 Å². The van der Waals surface area contributed by atoms with E-state index in [0.717, 1.165) is 19.3 Å². The summed E-state index contributed by atoms with van der Waals surface area (Å²) in [6, 6.07) is 2.10. The average molecular weight is 252 g/mol. The van der Waals surface area contributed by atoms with Gasteiger partial charge in [0.05, 0.1) is 0 Å². The molecule has 0 bridgehead atoms. The molecule has 3 N–H and O–H groups in total. The molecule has 1 heterocycles. The zero-order valence-corrected chi connectivity index (χ0v) is 10.9. The van der Waals surface area contributed by atoms with Crippen LogP contribution >= 0.6 is 11.3 Å². The Bertz CT molecular complexity index is 356. The number of nitrogens with two attached hydrogens (primary N) is 1. The van der Waals surface area contributed by atoms with Gasteiger partial charge in [-0.15, -0.1) is 0 Å². The second-order valence-corrected chi connectivity index (χ2v) is 5.76. The van der Waals surface area contributed by atoms with Crippen molar-refractivity contribution in [3.05, 3.63) is 22.4 Å². The molecule has 0 atom stereocenters. The average Bonchev–Trinajstić information content (AvgIpc) is 2.90. The molecule has 94 valence electrons. The van der Waals surface area contributed by atoms with Crippen molar-refractivity contribution in [2.45, 2.75) is 44.1 Å². The van der Waals surface area contributed by atoms with Gasteiger partial charge < -0.3 is 11.1 Å². The zero-order valence-electron chi connectivity index (χ0n) is 10.1. The molecule has 4 heteroatoms. The van der Waals surface area contributed by atoms with E-state index in [1.54, 1.807) is 11.3 Å². The van der Waals surface area contributed by atoms with Crippen LogP contribution in [-0.2, 0) is 11.2 Å². The first kappa shape index (κ1) is 12.6. The largest absolute Gasteiger partial charge is 0.356 e. The summed E-state index contributed by atoms with van der Waals surface area (Å²) in [5, 5.41) is 7.14. The summed E-state index contributed by atoms with van der Waals surface area (Å²) in [7, 11) is 0. The minimum atomic E-state index is -0.230. The number of carbonyl (C=O) groups is 1. The molecule has 1 aromatic rings. The van der Waals surface area contributed by atoms with E-state index in [4.69, 9.17) is 5.73 Å². The lowest BCUT2D eigenvalue weighted by atomic mass is 9.94. The van der Waals surface area contributed by atoms with Gasteiger partial charge in [-0.05, 0) is 41.7 Å². The SMILES string of the molecule is NC1(CC(=O)NCCc2ccsc2)CCCC1. The molecule has 0 aromatic carbocycles. The highest BCUT2D eigenvalue weighted by atomic mass is 32.1. The van der Waals surface area contributed by atoms with Gasteiger partial charge in [-0.3, -0.25) is 4.79 Å². The molecule has 1 aliphatic rings. The maximum absolute atomic E-state index is 11.7. The Balaban J connectivity index is 1.67. The van der Waals surface area contributed by atoms with Crippen LogP contribution in [0.4, 0.5) is 0 Å². The lowest BCUT2D eigenvalue weighted by molar-refractivity contribution is -0.122. The fourth-order valence-corrected chi connectivity index (χ4v) is 3.12. The fraction of sp³-hybridized carbons (Fsp3) is 0.615. The van der Waals surface area contributed by atoms with Gasteiger partial charge in [0.2, 0.25) is 5.91 Å². The lowest BCUT2D eigenvalue weighted by Gasteiger charge is -2.22. The summed E-state index contributed by atoms with van der Waals surface area (Å²) in [6.07, 6.45) is 5.71. The first-order valence-corrected chi connectivity index (χ1v) is 7.19. The smallest absolute Gasteiger partial charge is 0.221 e. The van der Waals surface area contributed by atoms with Gasteiger partial charge >= 0.3 is 0 Å². The molecule has 1 fully saturated rings. The van der Waals surface area contributed by atoms with Crippen molar-refractivity contribution in [1.29, 1.82) is 0 Å². The van der Waals surface area contributed by atoms with Crippen molar-refractivity contribution in [2.75, 3.05) is 6.54 Å². The molecular weight excluding hydrogens is 232 g/mol. The summed E-state index contributed by atoms with van der Waals surface area (Å²) in [6.45, 7) is 0.714. The Labute approximate surface area is 106 Å². The molecule has 0 radical (unpaired) electrons. The number of hydrogen-bond donors (Lipinski definition) is 2. The van der Waals surface area contributed by atoms with Gasteiger partial charge in [0.1, 0.15) is 0 Å². The summed E-state index contributed by atoms with van der Waals surface area (Å²) < 4.78 is 0. The molecule has 1 saturated carbocycles. The van der Waals surface area contributed by atoms with Crippen LogP contribution in [0.3, 0.4) is 0 Å². The highest BCUT2D eigenvalue weighted by molar-refractivity contribution is 7.07. The van der Waals surface area contributed by atoms with E-state index in [0.29, 0.717) is 13.0 Å². The van der Waals surface area contributed by atoms with E-state index in [2.05, 4.69) is 22.1 Å². The van der Waals surface area contributed by atoms with Crippen LogP contribution in [0.1, 0.15) is 37.7 Å². The highest BCUT2D eigenvalue weighted by Gasteiger charge is 2.31. The Morgan fingerprint density at radius 1 is 1.47 bits per heavy atom. The lowest BCUT2D eigenvalue weighted by Crippen LogP contribution is -2.42. The van der Waals surface area contributed by atoms with E-state index < -0.39 is 0 Å². The van der Waals surface area contributed by atoms with Gasteiger partial charge in [-0.2, -0.15) is 11.3 Å². The van der Waals surface area contributed by atoms with Crippen LogP contribution in [-0.4, -0.2) is 18.0 Å². The quantitative estimate of drug-likeness (QED) is 0.843. The minimum absolute atomic E-state index is 0.102. The second-order valence-electron chi connectivity index (χ2n) is 4.98. The summed E-state index contributed by atoms with van der Waals surface area (Å²) in [4.78, 5) is 11.7. The monoisotopic (exact) mass is 252 g/mol.